The van der Waals surface area contributed by atoms with Crippen molar-refractivity contribution in [2.45, 2.75) is 26.8 Å². The highest BCUT2D eigenvalue weighted by molar-refractivity contribution is 5.40. The topological polar surface area (TPSA) is 35.8 Å². The largest absolute Gasteiger partial charge is 0.313 e. The fourth-order valence-electron chi connectivity index (χ4n) is 1.35. The lowest BCUT2D eigenvalue weighted by molar-refractivity contribution is 0.674. The van der Waals surface area contributed by atoms with Gasteiger partial charge in [-0.3, -0.25) is 0 Å². The van der Waals surface area contributed by atoms with Gasteiger partial charge in [-0.15, -0.1) is 0 Å². The van der Waals surface area contributed by atoms with Crippen LogP contribution >= 0.6 is 0 Å². The minimum absolute atomic E-state index is 0.786. The number of nitrogens with zero attached hydrogens (tertiary/aromatic N) is 1. The van der Waals surface area contributed by atoms with Gasteiger partial charge in [-0.25, -0.2) is 0 Å². The monoisotopic (exact) mass is 188 g/mol. The molecule has 1 rings (SSSR count). The van der Waals surface area contributed by atoms with Crippen LogP contribution in [-0.4, -0.2) is 6.54 Å². The molecule has 74 valence electrons. The molecule has 0 fully saturated rings. The maximum atomic E-state index is 8.92. The van der Waals surface area contributed by atoms with E-state index >= 15 is 0 Å². The highest BCUT2D eigenvalue weighted by atomic mass is 14.8. The molecule has 0 aromatic heterocycles. The Morgan fingerprint density at radius 3 is 2.86 bits per heavy atom. The third-order valence-corrected chi connectivity index (χ3v) is 2.13. The van der Waals surface area contributed by atoms with Crippen LogP contribution in [0, 0.1) is 18.3 Å². The molecule has 0 radical (unpaired) electrons. The average molecular weight is 188 g/mol. The van der Waals surface area contributed by atoms with Gasteiger partial charge in [-0.05, 0) is 37.1 Å². The van der Waals surface area contributed by atoms with E-state index in [1.165, 1.54) is 0 Å². The van der Waals surface area contributed by atoms with E-state index < -0.39 is 0 Å². The van der Waals surface area contributed by atoms with Crippen LogP contribution in [0.5, 0.6) is 0 Å². The summed E-state index contributed by atoms with van der Waals surface area (Å²) >= 11 is 0. The number of hydrogen-bond acceptors (Lipinski definition) is 2. The minimum Gasteiger partial charge on any atom is -0.313 e. The molecule has 1 aromatic rings. The number of hydrogen-bond donors (Lipinski definition) is 1. The van der Waals surface area contributed by atoms with E-state index in [1.807, 2.05) is 25.1 Å². The lowest BCUT2D eigenvalue weighted by Gasteiger charge is -2.05. The lowest BCUT2D eigenvalue weighted by atomic mass is 10.1. The van der Waals surface area contributed by atoms with Crippen LogP contribution in [0.3, 0.4) is 0 Å². The third-order valence-electron chi connectivity index (χ3n) is 2.13. The van der Waals surface area contributed by atoms with Crippen LogP contribution in [0.2, 0.25) is 0 Å². The molecule has 0 bridgehead atoms. The Kier molecular flexibility index (Phi) is 4.15. The van der Waals surface area contributed by atoms with Crippen LogP contribution in [0.1, 0.15) is 30.0 Å². The number of aryl methyl sites for hydroxylation is 1. The van der Waals surface area contributed by atoms with Crippen molar-refractivity contribution in [3.05, 3.63) is 34.9 Å². The molecule has 0 unspecified atom stereocenters. The van der Waals surface area contributed by atoms with Crippen LogP contribution in [0.25, 0.3) is 0 Å². The molecule has 0 atom stereocenters. The molecule has 0 heterocycles. The van der Waals surface area contributed by atoms with Gasteiger partial charge >= 0.3 is 0 Å². The molecule has 0 amide bonds. The van der Waals surface area contributed by atoms with Crippen molar-refractivity contribution in [1.82, 2.24) is 5.32 Å². The Morgan fingerprint density at radius 2 is 2.21 bits per heavy atom. The predicted octanol–water partition coefficient (Wildman–Crippen LogP) is 2.37. The molecular weight excluding hydrogens is 172 g/mol. The Bertz CT molecular complexity index is 337. The molecule has 0 saturated heterocycles. The first-order chi connectivity index (χ1) is 6.77. The Hall–Kier alpha value is -1.33. The lowest BCUT2D eigenvalue weighted by Crippen LogP contribution is -2.14. The van der Waals surface area contributed by atoms with E-state index in [2.05, 4.69) is 18.3 Å². The smallest absolute Gasteiger partial charge is 0.0995 e. The summed E-state index contributed by atoms with van der Waals surface area (Å²) in [5.41, 5.74) is 3.01. The van der Waals surface area contributed by atoms with Gasteiger partial charge in [-0.2, -0.15) is 5.26 Å². The van der Waals surface area contributed by atoms with Gasteiger partial charge in [0.1, 0.15) is 0 Å². The molecule has 0 spiro atoms. The standard InChI is InChI=1S/C12H16N2/c1-3-6-14-9-11-5-4-10(2)7-12(11)8-13/h4-5,7,14H,3,6,9H2,1-2H3. The second kappa shape index (κ2) is 5.41. The van der Waals surface area contributed by atoms with E-state index in [0.29, 0.717) is 0 Å². The zero-order valence-corrected chi connectivity index (χ0v) is 8.80. The van der Waals surface area contributed by atoms with Crippen molar-refractivity contribution >= 4 is 0 Å². The highest BCUT2D eigenvalue weighted by Crippen LogP contribution is 2.10. The quantitative estimate of drug-likeness (QED) is 0.736. The minimum atomic E-state index is 0.786. The second-order valence-electron chi connectivity index (χ2n) is 3.45. The van der Waals surface area contributed by atoms with E-state index in [9.17, 15) is 0 Å². The number of nitrogens with one attached hydrogen (secondary N) is 1. The first-order valence-electron chi connectivity index (χ1n) is 4.98. The van der Waals surface area contributed by atoms with Gasteiger partial charge in [0.15, 0.2) is 0 Å². The summed E-state index contributed by atoms with van der Waals surface area (Å²) in [6.45, 7) is 5.92. The van der Waals surface area contributed by atoms with Crippen LogP contribution < -0.4 is 5.32 Å². The predicted molar refractivity (Wildman–Crippen MR) is 57.9 cm³/mol. The SMILES string of the molecule is CCCNCc1ccc(C)cc1C#N. The Labute approximate surface area is 85.6 Å². The second-order valence-corrected chi connectivity index (χ2v) is 3.45. The summed E-state index contributed by atoms with van der Waals surface area (Å²) in [5, 5.41) is 12.2. The zero-order valence-electron chi connectivity index (χ0n) is 8.80. The summed E-state index contributed by atoms with van der Waals surface area (Å²) < 4.78 is 0. The van der Waals surface area contributed by atoms with Crippen molar-refractivity contribution in [1.29, 1.82) is 5.26 Å². The Balaban J connectivity index is 2.72. The van der Waals surface area contributed by atoms with Gasteiger partial charge in [0, 0.05) is 6.54 Å². The molecule has 2 nitrogen and oxygen atoms in total. The van der Waals surface area contributed by atoms with Crippen molar-refractivity contribution in [2.75, 3.05) is 6.54 Å². The van der Waals surface area contributed by atoms with Crippen molar-refractivity contribution in [3.63, 3.8) is 0 Å². The van der Waals surface area contributed by atoms with Crippen LogP contribution in [0.15, 0.2) is 18.2 Å². The van der Waals surface area contributed by atoms with Crippen molar-refractivity contribution in [3.8, 4) is 6.07 Å². The normalized spacial score (nSPS) is 9.79. The molecule has 1 N–H and O–H groups in total. The van der Waals surface area contributed by atoms with E-state index in [0.717, 1.165) is 36.2 Å². The van der Waals surface area contributed by atoms with Gasteiger partial charge in [0.05, 0.1) is 11.6 Å². The van der Waals surface area contributed by atoms with E-state index in [4.69, 9.17) is 5.26 Å². The molecule has 0 aliphatic carbocycles. The summed E-state index contributed by atoms with van der Waals surface area (Å²) in [4.78, 5) is 0. The number of nitriles is 1. The fraction of sp³-hybridized carbons (Fsp3) is 0.417. The van der Waals surface area contributed by atoms with Crippen LogP contribution in [0.4, 0.5) is 0 Å². The molecule has 1 aromatic carbocycles. The average Bonchev–Trinajstić information content (AvgIpc) is 2.20. The number of benzene rings is 1. The van der Waals surface area contributed by atoms with Crippen molar-refractivity contribution < 1.29 is 0 Å². The summed E-state index contributed by atoms with van der Waals surface area (Å²) in [7, 11) is 0. The zero-order chi connectivity index (χ0) is 10.4. The summed E-state index contributed by atoms with van der Waals surface area (Å²) in [6, 6.07) is 8.23. The first kappa shape index (κ1) is 10.7. The van der Waals surface area contributed by atoms with Gasteiger partial charge in [0.2, 0.25) is 0 Å². The molecule has 0 aliphatic rings. The maximum absolute atomic E-state index is 8.92. The Morgan fingerprint density at radius 1 is 1.43 bits per heavy atom. The summed E-state index contributed by atoms with van der Waals surface area (Å²) in [6.07, 6.45) is 1.12. The maximum Gasteiger partial charge on any atom is 0.0995 e. The summed E-state index contributed by atoms with van der Waals surface area (Å²) in [5.74, 6) is 0. The third kappa shape index (κ3) is 2.86. The number of rotatable bonds is 4. The van der Waals surface area contributed by atoms with E-state index in [-0.39, 0.29) is 0 Å². The molecule has 14 heavy (non-hydrogen) atoms. The van der Waals surface area contributed by atoms with Gasteiger partial charge in [0.25, 0.3) is 0 Å². The first-order valence-corrected chi connectivity index (χ1v) is 4.98. The molecule has 0 saturated carbocycles. The molecule has 0 aliphatic heterocycles. The van der Waals surface area contributed by atoms with Crippen molar-refractivity contribution in [2.24, 2.45) is 0 Å². The van der Waals surface area contributed by atoms with E-state index in [1.54, 1.807) is 0 Å². The van der Waals surface area contributed by atoms with Crippen LogP contribution in [-0.2, 0) is 6.54 Å². The van der Waals surface area contributed by atoms with Gasteiger partial charge < -0.3 is 5.32 Å². The fourth-order valence-corrected chi connectivity index (χ4v) is 1.35. The molecular formula is C12H16N2. The van der Waals surface area contributed by atoms with Gasteiger partial charge in [-0.1, -0.05) is 19.1 Å². The molecule has 2 heteroatoms. The highest BCUT2D eigenvalue weighted by Gasteiger charge is 2.00.